The lowest BCUT2D eigenvalue weighted by atomic mass is 10.1. The molecule has 0 radical (unpaired) electrons. The topological polar surface area (TPSA) is 186 Å². The van der Waals surface area contributed by atoms with Gasteiger partial charge in [0.25, 0.3) is 5.91 Å². The molecule has 0 spiro atoms. The standard InChI is InChI=1S/C33H44N8O5/c1-3-44-33-40-31-36-21-23-12-15-25(16-13-23)45-18-8-4-5-9-19-46-28-20-24(37-32(39-31)41-33)14-17-26(28)30(43)38-27(29(35)42)11-7-6-10-22(2)34/h12-17,20,27,34H,3-11,18-19,21H2,1-2H3,(H2,35,42)(H,38,43)(H2,36,37,39,40,41)/t27-/m0/s1. The molecule has 6 bridgehead atoms. The summed E-state index contributed by atoms with van der Waals surface area (Å²) < 4.78 is 17.6. The average Bonchev–Trinajstić information content (AvgIpc) is 3.03. The molecule has 1 atom stereocenters. The van der Waals surface area contributed by atoms with Crippen LogP contribution in [0.15, 0.2) is 42.5 Å². The van der Waals surface area contributed by atoms with Crippen molar-refractivity contribution in [2.45, 2.75) is 77.8 Å². The zero-order chi connectivity index (χ0) is 32.7. The molecule has 0 fully saturated rings. The minimum atomic E-state index is -0.840. The van der Waals surface area contributed by atoms with Crippen molar-refractivity contribution in [3.05, 3.63) is 53.6 Å². The van der Waals surface area contributed by atoms with E-state index in [0.717, 1.165) is 43.4 Å². The van der Waals surface area contributed by atoms with Gasteiger partial charge in [-0.05, 0) is 88.6 Å². The van der Waals surface area contributed by atoms with E-state index in [0.29, 0.717) is 68.7 Å². The molecule has 0 aliphatic carbocycles. The van der Waals surface area contributed by atoms with Crippen molar-refractivity contribution < 1.29 is 23.8 Å². The molecule has 2 aliphatic rings. The van der Waals surface area contributed by atoms with E-state index in [2.05, 4.69) is 30.9 Å². The Hall–Kier alpha value is -4.94. The Morgan fingerprint density at radius 1 is 1.00 bits per heavy atom. The molecule has 2 aliphatic heterocycles. The van der Waals surface area contributed by atoms with E-state index >= 15 is 0 Å². The van der Waals surface area contributed by atoms with Crippen molar-refractivity contribution >= 4 is 35.1 Å². The Morgan fingerprint density at radius 2 is 1.74 bits per heavy atom. The Labute approximate surface area is 269 Å². The number of ether oxygens (including phenoxy) is 3. The average molecular weight is 633 g/mol. The highest BCUT2D eigenvalue weighted by molar-refractivity contribution is 6.00. The van der Waals surface area contributed by atoms with E-state index in [1.165, 1.54) is 0 Å². The molecule has 0 saturated carbocycles. The van der Waals surface area contributed by atoms with Gasteiger partial charge in [0, 0.05) is 24.0 Å². The molecule has 1 aromatic heterocycles. The van der Waals surface area contributed by atoms with Crippen molar-refractivity contribution in [3.63, 3.8) is 0 Å². The van der Waals surface area contributed by atoms with Gasteiger partial charge in [-0.1, -0.05) is 18.6 Å². The molecule has 2 amide bonds. The maximum atomic E-state index is 13.4. The minimum absolute atomic E-state index is 0.158. The third kappa shape index (κ3) is 10.9. The molecular formula is C33H44N8O5. The van der Waals surface area contributed by atoms with Crippen LogP contribution in [0.2, 0.25) is 0 Å². The first-order valence-corrected chi connectivity index (χ1v) is 15.8. The fourth-order valence-electron chi connectivity index (χ4n) is 4.80. The summed E-state index contributed by atoms with van der Waals surface area (Å²) in [5.41, 5.74) is 8.08. The Balaban J connectivity index is 1.56. The number of carbonyl (C=O) groups is 2. The number of benzene rings is 2. The summed E-state index contributed by atoms with van der Waals surface area (Å²) in [5, 5.41) is 16.8. The summed E-state index contributed by atoms with van der Waals surface area (Å²) >= 11 is 0. The third-order valence-corrected chi connectivity index (χ3v) is 7.25. The molecule has 0 saturated heterocycles. The highest BCUT2D eigenvalue weighted by Gasteiger charge is 2.22. The van der Waals surface area contributed by atoms with Crippen molar-refractivity contribution in [3.8, 4) is 17.5 Å². The molecular weight excluding hydrogens is 588 g/mol. The van der Waals surface area contributed by atoms with Gasteiger partial charge < -0.3 is 41.3 Å². The van der Waals surface area contributed by atoms with Gasteiger partial charge in [-0.2, -0.15) is 15.0 Å². The maximum Gasteiger partial charge on any atom is 0.323 e. The number of anilines is 3. The number of aromatic nitrogens is 3. The van der Waals surface area contributed by atoms with E-state index in [1.807, 2.05) is 31.2 Å². The lowest BCUT2D eigenvalue weighted by Crippen LogP contribution is -2.44. The van der Waals surface area contributed by atoms with Gasteiger partial charge in [0.1, 0.15) is 17.5 Å². The highest BCUT2D eigenvalue weighted by Crippen LogP contribution is 2.27. The second-order valence-corrected chi connectivity index (χ2v) is 11.1. The fourth-order valence-corrected chi connectivity index (χ4v) is 4.80. The third-order valence-electron chi connectivity index (χ3n) is 7.25. The van der Waals surface area contributed by atoms with Crippen LogP contribution in [0.1, 0.15) is 81.1 Å². The van der Waals surface area contributed by atoms with Gasteiger partial charge in [-0.15, -0.1) is 0 Å². The van der Waals surface area contributed by atoms with Crippen LogP contribution in [0.4, 0.5) is 17.6 Å². The van der Waals surface area contributed by atoms with Crippen LogP contribution in [0, 0.1) is 5.41 Å². The molecule has 13 heteroatoms. The van der Waals surface area contributed by atoms with Gasteiger partial charge in [-0.3, -0.25) is 9.59 Å². The first-order valence-electron chi connectivity index (χ1n) is 15.8. The summed E-state index contributed by atoms with van der Waals surface area (Å²) in [6, 6.07) is 12.3. The molecule has 5 rings (SSSR count). The first kappa shape index (κ1) is 33.9. The van der Waals surface area contributed by atoms with Gasteiger partial charge >= 0.3 is 6.01 Å². The molecule has 3 aromatic rings. The second-order valence-electron chi connectivity index (χ2n) is 11.1. The molecule has 3 heterocycles. The summed E-state index contributed by atoms with van der Waals surface area (Å²) in [6.45, 7) is 5.45. The van der Waals surface area contributed by atoms with E-state index in [9.17, 15) is 9.59 Å². The van der Waals surface area contributed by atoms with E-state index < -0.39 is 17.9 Å². The number of unbranched alkanes of at least 4 members (excludes halogenated alkanes) is 1. The number of fused-ring (bicyclic) bond motifs is 10. The van der Waals surface area contributed by atoms with Crippen LogP contribution < -0.4 is 35.9 Å². The fraction of sp³-hybridized carbons (Fsp3) is 0.455. The molecule has 46 heavy (non-hydrogen) atoms. The summed E-state index contributed by atoms with van der Waals surface area (Å²) in [5.74, 6) is 0.654. The molecule has 0 unspecified atom stereocenters. The number of hydrogen-bond donors (Lipinski definition) is 5. The van der Waals surface area contributed by atoms with Crippen molar-refractivity contribution in [2.75, 3.05) is 30.5 Å². The zero-order valence-electron chi connectivity index (χ0n) is 26.6. The molecule has 246 valence electrons. The number of rotatable bonds is 10. The second kappa shape index (κ2) is 17.5. The number of amides is 2. The summed E-state index contributed by atoms with van der Waals surface area (Å²) in [4.78, 5) is 38.8. The zero-order valence-corrected chi connectivity index (χ0v) is 26.6. The predicted octanol–water partition coefficient (Wildman–Crippen LogP) is 5.14. The van der Waals surface area contributed by atoms with E-state index in [-0.39, 0.29) is 17.5 Å². The van der Waals surface area contributed by atoms with Gasteiger partial charge in [-0.25, -0.2) is 0 Å². The summed E-state index contributed by atoms with van der Waals surface area (Å²) in [6.07, 6.45) is 6.01. The smallest absolute Gasteiger partial charge is 0.323 e. The SMILES string of the molecule is CCOc1nc2nc(n1)Nc1ccc(C(=O)N[C@@H](CCCCC(C)=N)C(N)=O)c(c1)OCCCCCCOc1ccc(cc1)CN2. The van der Waals surface area contributed by atoms with Crippen LogP contribution in [-0.4, -0.2) is 58.3 Å². The number of nitrogens with one attached hydrogen (secondary N) is 4. The number of nitrogens with zero attached hydrogens (tertiary/aromatic N) is 3. The van der Waals surface area contributed by atoms with Gasteiger partial charge in [0.05, 0.1) is 25.4 Å². The van der Waals surface area contributed by atoms with Gasteiger partial charge in [0.2, 0.25) is 17.8 Å². The number of nitrogens with two attached hydrogens (primary N) is 1. The Morgan fingerprint density at radius 3 is 2.46 bits per heavy atom. The van der Waals surface area contributed by atoms with Crippen molar-refractivity contribution in [1.29, 1.82) is 5.41 Å². The van der Waals surface area contributed by atoms with Crippen molar-refractivity contribution in [2.24, 2.45) is 5.73 Å². The Kier molecular flexibility index (Phi) is 12.9. The van der Waals surface area contributed by atoms with Crippen LogP contribution in [0.3, 0.4) is 0 Å². The van der Waals surface area contributed by atoms with E-state index in [1.54, 1.807) is 25.1 Å². The largest absolute Gasteiger partial charge is 0.494 e. The van der Waals surface area contributed by atoms with E-state index in [4.69, 9.17) is 25.4 Å². The number of primary amides is 1. The van der Waals surface area contributed by atoms with Crippen LogP contribution in [0.25, 0.3) is 0 Å². The van der Waals surface area contributed by atoms with Crippen LogP contribution in [0.5, 0.6) is 17.5 Å². The monoisotopic (exact) mass is 632 g/mol. The number of carbonyl (C=O) groups excluding carboxylic acids is 2. The highest BCUT2D eigenvalue weighted by atomic mass is 16.5. The van der Waals surface area contributed by atoms with Crippen LogP contribution in [-0.2, 0) is 11.3 Å². The molecule has 13 nitrogen and oxygen atoms in total. The quantitative estimate of drug-likeness (QED) is 0.148. The first-order chi connectivity index (χ1) is 22.3. The lowest BCUT2D eigenvalue weighted by Gasteiger charge is -2.18. The molecule has 2 aromatic carbocycles. The lowest BCUT2D eigenvalue weighted by molar-refractivity contribution is -0.120. The maximum absolute atomic E-state index is 13.4. The van der Waals surface area contributed by atoms with Crippen molar-refractivity contribution in [1.82, 2.24) is 20.3 Å². The number of hydrogen-bond acceptors (Lipinski definition) is 11. The minimum Gasteiger partial charge on any atom is -0.494 e. The normalized spacial score (nSPS) is 14.2. The molecule has 6 N–H and O–H groups in total. The van der Waals surface area contributed by atoms with Crippen LogP contribution >= 0.6 is 0 Å². The summed E-state index contributed by atoms with van der Waals surface area (Å²) in [7, 11) is 0. The predicted molar refractivity (Wildman–Crippen MR) is 176 cm³/mol. The Bertz CT molecular complexity index is 1470. The van der Waals surface area contributed by atoms with Gasteiger partial charge in [0.15, 0.2) is 0 Å².